The van der Waals surface area contributed by atoms with E-state index in [1.807, 2.05) is 16.8 Å². The molecule has 3 N–H and O–H groups in total. The summed E-state index contributed by atoms with van der Waals surface area (Å²) in [6.07, 6.45) is 0. The van der Waals surface area contributed by atoms with Crippen molar-refractivity contribution in [2.24, 2.45) is 5.73 Å². The van der Waals surface area contributed by atoms with Crippen LogP contribution in [-0.2, 0) is 4.79 Å². The molecule has 1 amide bonds. The predicted octanol–water partition coefficient (Wildman–Crippen LogP) is 1.21. The third kappa shape index (κ3) is 4.46. The van der Waals surface area contributed by atoms with Crippen LogP contribution >= 0.6 is 11.3 Å². The average Bonchev–Trinajstić information content (AvgIpc) is 2.82. The zero-order chi connectivity index (χ0) is 12.7. The minimum atomic E-state index is -0.364. The summed E-state index contributed by atoms with van der Waals surface area (Å²) in [6.45, 7) is 8.02. The highest BCUT2D eigenvalue weighted by atomic mass is 32.1. The Hall–Kier alpha value is -0.910. The number of amides is 1. The number of carbonyl (C=O) groups excluding carboxylic acids is 1. The fourth-order valence-corrected chi connectivity index (χ4v) is 2.41. The Labute approximate surface area is 107 Å². The Morgan fingerprint density at radius 1 is 1.53 bits per heavy atom. The third-order valence-corrected chi connectivity index (χ3v) is 3.53. The number of rotatable bonds is 8. The molecule has 0 radical (unpaired) electrons. The SMILES string of the molecule is CCN(CC)CCNC(C(N)=O)c1ccsc1. The maximum atomic E-state index is 11.4. The normalized spacial score (nSPS) is 12.9. The first-order valence-electron chi connectivity index (χ1n) is 5.96. The molecule has 5 heteroatoms. The second-order valence-electron chi connectivity index (χ2n) is 3.87. The molecule has 4 nitrogen and oxygen atoms in total. The molecule has 0 aliphatic rings. The zero-order valence-corrected chi connectivity index (χ0v) is 11.3. The summed E-state index contributed by atoms with van der Waals surface area (Å²) in [6, 6.07) is 1.57. The van der Waals surface area contributed by atoms with Crippen LogP contribution in [0.4, 0.5) is 0 Å². The van der Waals surface area contributed by atoms with E-state index in [2.05, 4.69) is 24.1 Å². The van der Waals surface area contributed by atoms with Crippen LogP contribution in [0.3, 0.4) is 0 Å². The van der Waals surface area contributed by atoms with Crippen LogP contribution in [0.15, 0.2) is 16.8 Å². The molecule has 0 saturated heterocycles. The molecule has 0 fully saturated rings. The smallest absolute Gasteiger partial charge is 0.239 e. The molecule has 1 aromatic rings. The van der Waals surface area contributed by atoms with Gasteiger partial charge in [-0.15, -0.1) is 0 Å². The summed E-state index contributed by atoms with van der Waals surface area (Å²) < 4.78 is 0. The van der Waals surface area contributed by atoms with Crippen molar-refractivity contribution in [3.8, 4) is 0 Å². The topological polar surface area (TPSA) is 58.4 Å². The van der Waals surface area contributed by atoms with E-state index in [1.165, 1.54) is 0 Å². The maximum absolute atomic E-state index is 11.4. The van der Waals surface area contributed by atoms with Crippen molar-refractivity contribution in [1.29, 1.82) is 0 Å². The second kappa shape index (κ2) is 7.42. The molecule has 1 aromatic heterocycles. The number of thiophene rings is 1. The van der Waals surface area contributed by atoms with E-state index in [-0.39, 0.29) is 11.9 Å². The van der Waals surface area contributed by atoms with E-state index < -0.39 is 0 Å². The zero-order valence-electron chi connectivity index (χ0n) is 10.5. The number of hydrogen-bond donors (Lipinski definition) is 2. The Kier molecular flexibility index (Phi) is 6.18. The number of nitrogens with two attached hydrogens (primary N) is 1. The van der Waals surface area contributed by atoms with Gasteiger partial charge in [-0.2, -0.15) is 11.3 Å². The van der Waals surface area contributed by atoms with Crippen molar-refractivity contribution in [3.05, 3.63) is 22.4 Å². The first-order valence-corrected chi connectivity index (χ1v) is 6.90. The van der Waals surface area contributed by atoms with Crippen molar-refractivity contribution >= 4 is 17.2 Å². The van der Waals surface area contributed by atoms with Gasteiger partial charge in [-0.1, -0.05) is 13.8 Å². The average molecular weight is 255 g/mol. The molecule has 0 aromatic carbocycles. The number of likely N-dealkylation sites (N-methyl/N-ethyl adjacent to an activating group) is 1. The lowest BCUT2D eigenvalue weighted by Crippen LogP contribution is -2.38. The lowest BCUT2D eigenvalue weighted by atomic mass is 10.1. The standard InChI is InChI=1S/C12H21N3OS/c1-3-15(4-2)7-6-14-11(12(13)16)10-5-8-17-9-10/h5,8-9,11,14H,3-4,6-7H2,1-2H3,(H2,13,16). The quantitative estimate of drug-likeness (QED) is 0.734. The van der Waals surface area contributed by atoms with E-state index in [0.29, 0.717) is 0 Å². The Bertz CT molecular complexity index is 323. The molecular weight excluding hydrogens is 234 g/mol. The van der Waals surface area contributed by atoms with Gasteiger partial charge in [0.05, 0.1) is 0 Å². The Balaban J connectivity index is 2.44. The number of hydrogen-bond acceptors (Lipinski definition) is 4. The third-order valence-electron chi connectivity index (χ3n) is 2.83. The van der Waals surface area contributed by atoms with E-state index in [1.54, 1.807) is 11.3 Å². The summed E-state index contributed by atoms with van der Waals surface area (Å²) >= 11 is 1.58. The predicted molar refractivity (Wildman–Crippen MR) is 72.0 cm³/mol. The van der Waals surface area contributed by atoms with E-state index in [0.717, 1.165) is 31.7 Å². The van der Waals surface area contributed by atoms with Gasteiger partial charge in [0, 0.05) is 13.1 Å². The van der Waals surface area contributed by atoms with Crippen molar-refractivity contribution in [2.75, 3.05) is 26.2 Å². The highest BCUT2D eigenvalue weighted by Gasteiger charge is 2.17. The van der Waals surface area contributed by atoms with Crippen LogP contribution in [0.2, 0.25) is 0 Å². The molecule has 0 bridgehead atoms. The number of nitrogens with zero attached hydrogens (tertiary/aromatic N) is 1. The Morgan fingerprint density at radius 2 is 2.24 bits per heavy atom. The van der Waals surface area contributed by atoms with Crippen LogP contribution in [0.25, 0.3) is 0 Å². The van der Waals surface area contributed by atoms with Gasteiger partial charge in [-0.25, -0.2) is 0 Å². The molecule has 1 heterocycles. The summed E-state index contributed by atoms with van der Waals surface area (Å²) in [4.78, 5) is 13.7. The summed E-state index contributed by atoms with van der Waals surface area (Å²) in [5.74, 6) is -0.317. The Morgan fingerprint density at radius 3 is 2.71 bits per heavy atom. The van der Waals surface area contributed by atoms with E-state index in [4.69, 9.17) is 5.73 Å². The van der Waals surface area contributed by atoms with Gasteiger partial charge in [0.15, 0.2) is 0 Å². The van der Waals surface area contributed by atoms with Gasteiger partial charge >= 0.3 is 0 Å². The fraction of sp³-hybridized carbons (Fsp3) is 0.583. The molecule has 1 atom stereocenters. The molecule has 0 aliphatic heterocycles. The first kappa shape index (κ1) is 14.2. The summed E-state index contributed by atoms with van der Waals surface area (Å²) in [7, 11) is 0. The van der Waals surface area contributed by atoms with E-state index >= 15 is 0 Å². The molecule has 0 aliphatic carbocycles. The van der Waals surface area contributed by atoms with Crippen LogP contribution in [0.5, 0.6) is 0 Å². The van der Waals surface area contributed by atoms with Gasteiger partial charge in [0.25, 0.3) is 0 Å². The molecule has 0 saturated carbocycles. The minimum Gasteiger partial charge on any atom is -0.368 e. The second-order valence-corrected chi connectivity index (χ2v) is 4.65. The van der Waals surface area contributed by atoms with Crippen LogP contribution in [0.1, 0.15) is 25.5 Å². The van der Waals surface area contributed by atoms with Gasteiger partial charge in [-0.3, -0.25) is 4.79 Å². The van der Waals surface area contributed by atoms with Gasteiger partial charge < -0.3 is 16.0 Å². The number of nitrogens with one attached hydrogen (secondary N) is 1. The molecule has 96 valence electrons. The number of primary amides is 1. The monoisotopic (exact) mass is 255 g/mol. The van der Waals surface area contributed by atoms with Crippen molar-refractivity contribution < 1.29 is 4.79 Å². The van der Waals surface area contributed by atoms with Crippen molar-refractivity contribution in [2.45, 2.75) is 19.9 Å². The summed E-state index contributed by atoms with van der Waals surface area (Å²) in [5.41, 5.74) is 6.36. The number of carbonyl (C=O) groups is 1. The fourth-order valence-electron chi connectivity index (χ4n) is 1.73. The first-order chi connectivity index (χ1) is 8.19. The molecule has 17 heavy (non-hydrogen) atoms. The lowest BCUT2D eigenvalue weighted by Gasteiger charge is -2.20. The van der Waals surface area contributed by atoms with Crippen molar-refractivity contribution in [1.82, 2.24) is 10.2 Å². The van der Waals surface area contributed by atoms with Crippen LogP contribution < -0.4 is 11.1 Å². The lowest BCUT2D eigenvalue weighted by molar-refractivity contribution is -0.120. The van der Waals surface area contributed by atoms with Crippen LogP contribution in [-0.4, -0.2) is 37.0 Å². The van der Waals surface area contributed by atoms with E-state index in [9.17, 15) is 4.79 Å². The largest absolute Gasteiger partial charge is 0.368 e. The minimum absolute atomic E-state index is 0.317. The molecule has 1 rings (SSSR count). The van der Waals surface area contributed by atoms with Gasteiger partial charge in [0.1, 0.15) is 6.04 Å². The molecular formula is C12H21N3OS. The van der Waals surface area contributed by atoms with Crippen LogP contribution in [0, 0.1) is 0 Å². The van der Waals surface area contributed by atoms with Crippen molar-refractivity contribution in [3.63, 3.8) is 0 Å². The molecule has 0 spiro atoms. The molecule has 1 unspecified atom stereocenters. The van der Waals surface area contributed by atoms with Gasteiger partial charge in [0.2, 0.25) is 5.91 Å². The highest BCUT2D eigenvalue weighted by Crippen LogP contribution is 2.15. The van der Waals surface area contributed by atoms with Gasteiger partial charge in [-0.05, 0) is 35.5 Å². The highest BCUT2D eigenvalue weighted by molar-refractivity contribution is 7.08. The summed E-state index contributed by atoms with van der Waals surface area (Å²) in [5, 5.41) is 7.13. The maximum Gasteiger partial charge on any atom is 0.239 e.